The third-order valence-corrected chi connectivity index (χ3v) is 4.26. The number of hydrogen-bond donors (Lipinski definition) is 1. The molecule has 20 heavy (non-hydrogen) atoms. The molecule has 0 aromatic heterocycles. The van der Waals surface area contributed by atoms with E-state index >= 15 is 0 Å². The van der Waals surface area contributed by atoms with Crippen LogP contribution in [0.15, 0.2) is 24.3 Å². The van der Waals surface area contributed by atoms with Crippen molar-refractivity contribution in [2.45, 2.75) is 37.5 Å². The molecule has 1 heterocycles. The maximum Gasteiger partial charge on any atom is 0.253 e. The number of ether oxygens (including phenoxy) is 2. The summed E-state index contributed by atoms with van der Waals surface area (Å²) < 4.78 is 11.4. The molecule has 1 aromatic rings. The lowest BCUT2D eigenvalue weighted by Gasteiger charge is -2.39. The van der Waals surface area contributed by atoms with Gasteiger partial charge in [-0.1, -0.05) is 23.7 Å². The Bertz CT molecular complexity index is 494. The van der Waals surface area contributed by atoms with Crippen molar-refractivity contribution < 1.29 is 14.3 Å². The Balaban J connectivity index is 1.61. The summed E-state index contributed by atoms with van der Waals surface area (Å²) in [6.07, 6.45) is 2.95. The van der Waals surface area contributed by atoms with E-state index in [9.17, 15) is 4.79 Å². The van der Waals surface area contributed by atoms with E-state index in [4.69, 9.17) is 21.1 Å². The predicted octanol–water partition coefficient (Wildman–Crippen LogP) is 2.41. The van der Waals surface area contributed by atoms with E-state index in [2.05, 4.69) is 5.32 Å². The SMILES string of the molecule is O=C(NC1CCC2OCCOC2C1)c1ccccc1Cl. The first-order valence-electron chi connectivity index (χ1n) is 7.02. The molecule has 1 aromatic carbocycles. The largest absolute Gasteiger partial charge is 0.373 e. The van der Waals surface area contributed by atoms with E-state index in [-0.39, 0.29) is 24.2 Å². The second-order valence-corrected chi connectivity index (χ2v) is 5.69. The van der Waals surface area contributed by atoms with Crippen molar-refractivity contribution in [3.8, 4) is 0 Å². The molecule has 2 fully saturated rings. The molecule has 1 N–H and O–H groups in total. The zero-order valence-corrected chi connectivity index (χ0v) is 11.9. The van der Waals surface area contributed by atoms with Crippen molar-refractivity contribution in [2.75, 3.05) is 13.2 Å². The standard InChI is InChI=1S/C15H18ClNO3/c16-12-4-2-1-3-11(12)15(18)17-10-5-6-13-14(9-10)20-8-7-19-13/h1-4,10,13-14H,5-9H2,(H,17,18). The van der Waals surface area contributed by atoms with Crippen molar-refractivity contribution in [2.24, 2.45) is 0 Å². The van der Waals surface area contributed by atoms with Crippen LogP contribution in [-0.4, -0.2) is 37.4 Å². The fourth-order valence-electron chi connectivity index (χ4n) is 2.91. The van der Waals surface area contributed by atoms with Gasteiger partial charge in [-0.25, -0.2) is 0 Å². The highest BCUT2D eigenvalue weighted by molar-refractivity contribution is 6.33. The molecule has 1 amide bonds. The molecule has 0 bridgehead atoms. The second-order valence-electron chi connectivity index (χ2n) is 5.28. The smallest absolute Gasteiger partial charge is 0.253 e. The third-order valence-electron chi connectivity index (χ3n) is 3.93. The van der Waals surface area contributed by atoms with E-state index < -0.39 is 0 Å². The van der Waals surface area contributed by atoms with E-state index in [0.717, 1.165) is 19.3 Å². The number of carbonyl (C=O) groups is 1. The average Bonchev–Trinajstić information content (AvgIpc) is 2.47. The van der Waals surface area contributed by atoms with Crippen LogP contribution in [0.5, 0.6) is 0 Å². The van der Waals surface area contributed by atoms with Gasteiger partial charge in [0.15, 0.2) is 0 Å². The van der Waals surface area contributed by atoms with Crippen molar-refractivity contribution in [3.05, 3.63) is 34.9 Å². The molecule has 5 heteroatoms. The fourth-order valence-corrected chi connectivity index (χ4v) is 3.13. The maximum atomic E-state index is 12.2. The van der Waals surface area contributed by atoms with Crippen LogP contribution >= 0.6 is 11.6 Å². The number of amides is 1. The number of rotatable bonds is 2. The van der Waals surface area contributed by atoms with Gasteiger partial charge in [-0.3, -0.25) is 4.79 Å². The second kappa shape index (κ2) is 6.12. The van der Waals surface area contributed by atoms with Crippen LogP contribution in [0.4, 0.5) is 0 Å². The first-order chi connectivity index (χ1) is 9.74. The predicted molar refractivity (Wildman–Crippen MR) is 76.0 cm³/mol. The Morgan fingerprint density at radius 2 is 1.90 bits per heavy atom. The van der Waals surface area contributed by atoms with Crippen molar-refractivity contribution in [3.63, 3.8) is 0 Å². The Hall–Kier alpha value is -1.10. The summed E-state index contributed by atoms with van der Waals surface area (Å²) in [6, 6.07) is 7.23. The summed E-state index contributed by atoms with van der Waals surface area (Å²) >= 11 is 6.04. The first-order valence-corrected chi connectivity index (χ1v) is 7.40. The minimum absolute atomic E-state index is 0.106. The lowest BCUT2D eigenvalue weighted by molar-refractivity contribution is -0.157. The summed E-state index contributed by atoms with van der Waals surface area (Å²) in [7, 11) is 0. The van der Waals surface area contributed by atoms with Crippen LogP contribution in [0, 0.1) is 0 Å². The zero-order chi connectivity index (χ0) is 13.9. The highest BCUT2D eigenvalue weighted by Gasteiger charge is 2.34. The first kappa shape index (κ1) is 13.9. The molecule has 1 aliphatic carbocycles. The molecule has 4 nitrogen and oxygen atoms in total. The van der Waals surface area contributed by atoms with Gasteiger partial charge in [0.1, 0.15) is 0 Å². The molecule has 3 unspecified atom stereocenters. The number of hydrogen-bond acceptors (Lipinski definition) is 3. The number of benzene rings is 1. The quantitative estimate of drug-likeness (QED) is 0.911. The molecule has 3 atom stereocenters. The lowest BCUT2D eigenvalue weighted by Crippen LogP contribution is -2.49. The van der Waals surface area contributed by atoms with Crippen LogP contribution < -0.4 is 5.32 Å². The lowest BCUT2D eigenvalue weighted by atomic mass is 9.89. The summed E-state index contributed by atoms with van der Waals surface area (Å²) in [5.41, 5.74) is 0.525. The maximum absolute atomic E-state index is 12.2. The van der Waals surface area contributed by atoms with Crippen LogP contribution in [0.2, 0.25) is 5.02 Å². The molecule has 1 saturated heterocycles. The topological polar surface area (TPSA) is 47.6 Å². The van der Waals surface area contributed by atoms with Crippen molar-refractivity contribution in [1.82, 2.24) is 5.32 Å². The van der Waals surface area contributed by atoms with Crippen LogP contribution in [0.3, 0.4) is 0 Å². The fraction of sp³-hybridized carbons (Fsp3) is 0.533. The highest BCUT2D eigenvalue weighted by atomic mass is 35.5. The van der Waals surface area contributed by atoms with Gasteiger partial charge >= 0.3 is 0 Å². The average molecular weight is 296 g/mol. The minimum atomic E-state index is -0.115. The van der Waals surface area contributed by atoms with Gasteiger partial charge in [-0.2, -0.15) is 0 Å². The minimum Gasteiger partial charge on any atom is -0.373 e. The highest BCUT2D eigenvalue weighted by Crippen LogP contribution is 2.27. The summed E-state index contributed by atoms with van der Waals surface area (Å²) in [5.74, 6) is -0.115. The van der Waals surface area contributed by atoms with Crippen LogP contribution in [0.1, 0.15) is 29.6 Å². The van der Waals surface area contributed by atoms with Crippen LogP contribution in [0.25, 0.3) is 0 Å². The Labute approximate surface area is 123 Å². The molecule has 2 aliphatic rings. The number of nitrogens with one attached hydrogen (secondary N) is 1. The number of fused-ring (bicyclic) bond motifs is 1. The number of carbonyl (C=O) groups excluding carboxylic acids is 1. The van der Waals surface area contributed by atoms with Gasteiger partial charge in [0, 0.05) is 6.04 Å². The van der Waals surface area contributed by atoms with E-state index in [1.165, 1.54) is 0 Å². The molecule has 108 valence electrons. The molecule has 0 spiro atoms. The van der Waals surface area contributed by atoms with E-state index in [1.54, 1.807) is 12.1 Å². The molecular weight excluding hydrogens is 278 g/mol. The van der Waals surface area contributed by atoms with Gasteiger partial charge in [-0.05, 0) is 31.4 Å². The Morgan fingerprint density at radius 3 is 2.70 bits per heavy atom. The Kier molecular flexibility index (Phi) is 4.24. The molecule has 3 rings (SSSR count). The summed E-state index contributed by atoms with van der Waals surface area (Å²) in [6.45, 7) is 1.32. The monoisotopic (exact) mass is 295 g/mol. The van der Waals surface area contributed by atoms with Gasteiger partial charge in [0.05, 0.1) is 36.0 Å². The van der Waals surface area contributed by atoms with Crippen LogP contribution in [-0.2, 0) is 9.47 Å². The third kappa shape index (κ3) is 2.97. The van der Waals surface area contributed by atoms with Crippen molar-refractivity contribution >= 4 is 17.5 Å². The molecule has 1 saturated carbocycles. The summed E-state index contributed by atoms with van der Waals surface area (Å²) in [5, 5.41) is 3.53. The summed E-state index contributed by atoms with van der Waals surface area (Å²) in [4.78, 5) is 12.2. The molecule has 1 aliphatic heterocycles. The Morgan fingerprint density at radius 1 is 1.15 bits per heavy atom. The number of halogens is 1. The van der Waals surface area contributed by atoms with Crippen molar-refractivity contribution in [1.29, 1.82) is 0 Å². The normalized spacial score (nSPS) is 29.6. The van der Waals surface area contributed by atoms with Gasteiger partial charge in [0.25, 0.3) is 5.91 Å². The van der Waals surface area contributed by atoms with Gasteiger partial charge in [-0.15, -0.1) is 0 Å². The molecule has 0 radical (unpaired) electrons. The molecular formula is C15H18ClNO3. The van der Waals surface area contributed by atoms with Gasteiger partial charge < -0.3 is 14.8 Å². The van der Waals surface area contributed by atoms with E-state index in [0.29, 0.717) is 23.8 Å². The van der Waals surface area contributed by atoms with E-state index in [1.807, 2.05) is 12.1 Å². The zero-order valence-electron chi connectivity index (χ0n) is 11.2. The van der Waals surface area contributed by atoms with Gasteiger partial charge in [0.2, 0.25) is 0 Å².